The van der Waals surface area contributed by atoms with Crippen LogP contribution in [0.5, 0.6) is 0 Å². The first-order valence-electron chi connectivity index (χ1n) is 12.4. The Hall–Kier alpha value is -3.43. The topological polar surface area (TPSA) is 88.7 Å². The summed E-state index contributed by atoms with van der Waals surface area (Å²) >= 11 is 9.60. The Morgan fingerprint density at radius 2 is 1.84 bits per heavy atom. The molecule has 8 nitrogen and oxygen atoms in total. The lowest BCUT2D eigenvalue weighted by molar-refractivity contribution is 0.0729. The van der Waals surface area contributed by atoms with Gasteiger partial charge in [-0.15, -0.1) is 0 Å². The summed E-state index contributed by atoms with van der Waals surface area (Å²) in [5, 5.41) is 7.77. The highest BCUT2D eigenvalue weighted by Gasteiger charge is 2.29. The van der Waals surface area contributed by atoms with E-state index in [4.69, 9.17) is 16.7 Å². The number of hydrogen-bond donors (Lipinski definition) is 1. The average molecular weight is 597 g/mol. The maximum atomic E-state index is 14.0. The first kappa shape index (κ1) is 26.2. The zero-order valence-electron chi connectivity index (χ0n) is 21.3. The van der Waals surface area contributed by atoms with Crippen molar-refractivity contribution in [3.63, 3.8) is 0 Å². The molecule has 0 fully saturated rings. The second-order valence-corrected chi connectivity index (χ2v) is 11.1. The van der Waals surface area contributed by atoms with Gasteiger partial charge in [-0.1, -0.05) is 25.4 Å². The average Bonchev–Trinajstić information content (AvgIpc) is 3.32. The maximum absolute atomic E-state index is 14.0. The second kappa shape index (κ2) is 10.4. The summed E-state index contributed by atoms with van der Waals surface area (Å²) in [4.78, 5) is 41.1. The minimum atomic E-state index is -0.193. The molecule has 1 aliphatic rings. The van der Waals surface area contributed by atoms with Crippen LogP contribution in [-0.2, 0) is 19.4 Å². The normalized spacial score (nSPS) is 13.2. The monoisotopic (exact) mass is 595 g/mol. The van der Waals surface area contributed by atoms with E-state index in [-0.39, 0.29) is 23.9 Å². The van der Waals surface area contributed by atoms with Gasteiger partial charge in [0, 0.05) is 40.3 Å². The van der Waals surface area contributed by atoms with Crippen molar-refractivity contribution >= 4 is 45.0 Å². The standard InChI is InChI=1S/C28H27BrClN5O3/c1-16(2)12-19-14-32-35-24-15-33(27(37)18-6-9-22(29)23(30)13-18)11-10-21(24)28(38)34(26(19)35)20-7-4-17(5-8-20)25(36)31-3/h4-9,13-14,16H,10-12,15H2,1-3H3,(H,31,36). The predicted molar refractivity (Wildman–Crippen MR) is 150 cm³/mol. The third kappa shape index (κ3) is 4.65. The molecule has 0 spiro atoms. The summed E-state index contributed by atoms with van der Waals surface area (Å²) in [5.41, 5.74) is 4.48. The summed E-state index contributed by atoms with van der Waals surface area (Å²) in [6.07, 6.45) is 2.94. The number of carbonyl (C=O) groups excluding carboxylic acids is 2. The summed E-state index contributed by atoms with van der Waals surface area (Å²) in [5.74, 6) is 0.00122. The Morgan fingerprint density at radius 3 is 2.50 bits per heavy atom. The van der Waals surface area contributed by atoms with E-state index in [9.17, 15) is 14.4 Å². The van der Waals surface area contributed by atoms with Gasteiger partial charge in [0.25, 0.3) is 17.4 Å². The van der Waals surface area contributed by atoms with Crippen LogP contribution in [-0.4, -0.2) is 44.5 Å². The van der Waals surface area contributed by atoms with Crippen LogP contribution in [0.25, 0.3) is 11.3 Å². The molecular weight excluding hydrogens is 570 g/mol. The van der Waals surface area contributed by atoms with Gasteiger partial charge in [0.15, 0.2) is 0 Å². The van der Waals surface area contributed by atoms with E-state index in [0.29, 0.717) is 57.6 Å². The summed E-state index contributed by atoms with van der Waals surface area (Å²) in [6.45, 7) is 4.89. The van der Waals surface area contributed by atoms with Gasteiger partial charge >= 0.3 is 0 Å². The van der Waals surface area contributed by atoms with E-state index in [1.165, 1.54) is 0 Å². The molecule has 1 aliphatic heterocycles. The maximum Gasteiger partial charge on any atom is 0.261 e. The van der Waals surface area contributed by atoms with Crippen molar-refractivity contribution in [3.8, 4) is 5.69 Å². The van der Waals surface area contributed by atoms with E-state index in [1.807, 2.05) is 0 Å². The Balaban J connectivity index is 1.63. The van der Waals surface area contributed by atoms with E-state index in [2.05, 4.69) is 35.1 Å². The molecule has 0 bridgehead atoms. The molecule has 0 saturated heterocycles. The zero-order chi connectivity index (χ0) is 27.1. The first-order valence-corrected chi connectivity index (χ1v) is 13.6. The lowest BCUT2D eigenvalue weighted by atomic mass is 10.0. The molecular formula is C28H27BrClN5O3. The summed E-state index contributed by atoms with van der Waals surface area (Å²) in [6, 6.07) is 12.1. The minimum Gasteiger partial charge on any atom is -0.355 e. The van der Waals surface area contributed by atoms with E-state index >= 15 is 0 Å². The molecule has 0 saturated carbocycles. The van der Waals surface area contributed by atoms with Crippen LogP contribution >= 0.6 is 27.5 Å². The van der Waals surface area contributed by atoms with Crippen molar-refractivity contribution in [1.82, 2.24) is 24.4 Å². The van der Waals surface area contributed by atoms with Crippen LogP contribution in [0.1, 0.15) is 51.4 Å². The van der Waals surface area contributed by atoms with Crippen LogP contribution in [0, 0.1) is 5.92 Å². The van der Waals surface area contributed by atoms with Crippen LogP contribution in [0.3, 0.4) is 0 Å². The molecule has 0 aliphatic carbocycles. The number of benzene rings is 2. The number of nitrogens with zero attached hydrogens (tertiary/aromatic N) is 4. The number of fused-ring (bicyclic) bond motifs is 3. The van der Waals surface area contributed by atoms with Gasteiger partial charge < -0.3 is 10.2 Å². The second-order valence-electron chi connectivity index (χ2n) is 9.80. The Labute approximate surface area is 233 Å². The van der Waals surface area contributed by atoms with Crippen LogP contribution in [0.15, 0.2) is 57.9 Å². The fourth-order valence-electron chi connectivity index (χ4n) is 4.93. The molecule has 38 heavy (non-hydrogen) atoms. The molecule has 3 heterocycles. The van der Waals surface area contributed by atoms with E-state index in [1.54, 1.807) is 69.7 Å². The van der Waals surface area contributed by atoms with Crippen LogP contribution < -0.4 is 10.9 Å². The number of hydrogen-bond acceptors (Lipinski definition) is 4. The minimum absolute atomic E-state index is 0.135. The van der Waals surface area contributed by atoms with Crippen molar-refractivity contribution < 1.29 is 9.59 Å². The fraction of sp³-hybridized carbons (Fsp3) is 0.286. The molecule has 2 amide bonds. The number of aromatic nitrogens is 3. The predicted octanol–water partition coefficient (Wildman–Crippen LogP) is 4.66. The van der Waals surface area contributed by atoms with E-state index < -0.39 is 0 Å². The zero-order valence-corrected chi connectivity index (χ0v) is 23.6. The lowest BCUT2D eigenvalue weighted by Crippen LogP contribution is -2.41. The summed E-state index contributed by atoms with van der Waals surface area (Å²) in [7, 11) is 1.58. The van der Waals surface area contributed by atoms with Crippen molar-refractivity contribution in [2.45, 2.75) is 33.2 Å². The van der Waals surface area contributed by atoms with Crippen molar-refractivity contribution in [3.05, 3.63) is 96.5 Å². The first-order chi connectivity index (χ1) is 18.2. The number of carbonyl (C=O) groups is 2. The van der Waals surface area contributed by atoms with Gasteiger partial charge in [-0.05, 0) is 77.2 Å². The van der Waals surface area contributed by atoms with Crippen molar-refractivity contribution in [2.75, 3.05) is 13.6 Å². The van der Waals surface area contributed by atoms with Crippen LogP contribution in [0.2, 0.25) is 5.02 Å². The van der Waals surface area contributed by atoms with Crippen molar-refractivity contribution in [2.24, 2.45) is 5.92 Å². The molecule has 196 valence electrons. The van der Waals surface area contributed by atoms with Crippen LogP contribution in [0.4, 0.5) is 0 Å². The fourth-order valence-corrected chi connectivity index (χ4v) is 5.36. The largest absolute Gasteiger partial charge is 0.355 e. The third-order valence-electron chi connectivity index (χ3n) is 6.76. The molecule has 10 heteroatoms. The molecule has 2 aromatic heterocycles. The van der Waals surface area contributed by atoms with Gasteiger partial charge in [0.1, 0.15) is 5.65 Å². The van der Waals surface area contributed by atoms with Crippen molar-refractivity contribution in [1.29, 1.82) is 0 Å². The van der Waals surface area contributed by atoms with E-state index in [0.717, 1.165) is 16.5 Å². The summed E-state index contributed by atoms with van der Waals surface area (Å²) < 4.78 is 4.21. The number of nitrogens with one attached hydrogen (secondary N) is 1. The van der Waals surface area contributed by atoms with Gasteiger partial charge in [-0.3, -0.25) is 19.0 Å². The smallest absolute Gasteiger partial charge is 0.261 e. The highest BCUT2D eigenvalue weighted by atomic mass is 79.9. The molecule has 0 atom stereocenters. The van der Waals surface area contributed by atoms with Gasteiger partial charge in [0.2, 0.25) is 0 Å². The Kier molecular flexibility index (Phi) is 7.15. The quantitative estimate of drug-likeness (QED) is 0.363. The molecule has 0 unspecified atom stereocenters. The van der Waals surface area contributed by atoms with Gasteiger partial charge in [0.05, 0.1) is 29.1 Å². The van der Waals surface area contributed by atoms with Gasteiger partial charge in [-0.2, -0.15) is 5.10 Å². The molecule has 0 radical (unpaired) electrons. The third-order valence-corrected chi connectivity index (χ3v) is 8.00. The molecule has 2 aromatic carbocycles. The molecule has 1 N–H and O–H groups in total. The molecule has 5 rings (SSSR count). The number of halogens is 2. The highest BCUT2D eigenvalue weighted by Crippen LogP contribution is 2.27. The van der Waals surface area contributed by atoms with Gasteiger partial charge in [-0.25, -0.2) is 4.52 Å². The molecule has 4 aromatic rings. The lowest BCUT2D eigenvalue weighted by Gasteiger charge is -2.30. The SMILES string of the molecule is CNC(=O)c1ccc(-n2c(=O)c3c(n4ncc(CC(C)C)c24)CN(C(=O)c2ccc(Br)c(Cl)c2)CC3)cc1. The Morgan fingerprint density at radius 1 is 1.13 bits per heavy atom. The highest BCUT2D eigenvalue weighted by molar-refractivity contribution is 9.10. The number of rotatable bonds is 5. The Bertz CT molecular complexity index is 1620. The number of amides is 2.